The Kier molecular flexibility index (Phi) is 5.51. The zero-order chi connectivity index (χ0) is 16.7. The first-order chi connectivity index (χ1) is 11.2. The lowest BCUT2D eigenvalue weighted by molar-refractivity contribution is 0.215. The fourth-order valence-corrected chi connectivity index (χ4v) is 1.87. The van der Waals surface area contributed by atoms with Gasteiger partial charge in [-0.25, -0.2) is 9.97 Å². The summed E-state index contributed by atoms with van der Waals surface area (Å²) in [5, 5.41) is 3.68. The topological polar surface area (TPSA) is 91.9 Å². The average molecular weight is 314 g/mol. The molecule has 0 spiro atoms. The number of rotatable bonds is 6. The molecule has 0 radical (unpaired) electrons. The molecule has 1 aromatic carbocycles. The number of hydrogen-bond acceptors (Lipinski definition) is 7. The van der Waals surface area contributed by atoms with Crippen molar-refractivity contribution < 1.29 is 14.3 Å². The number of aromatic nitrogens is 2. The Morgan fingerprint density at radius 3 is 2.70 bits per heavy atom. The van der Waals surface area contributed by atoms with Crippen LogP contribution >= 0.6 is 0 Å². The van der Waals surface area contributed by atoms with Crippen LogP contribution in [-0.4, -0.2) is 30.4 Å². The molecule has 0 bridgehead atoms. The molecule has 0 aliphatic carbocycles. The van der Waals surface area contributed by atoms with Crippen LogP contribution in [-0.2, 0) is 4.84 Å². The van der Waals surface area contributed by atoms with Crippen molar-refractivity contribution in [2.45, 2.75) is 6.92 Å². The van der Waals surface area contributed by atoms with Gasteiger partial charge in [-0.1, -0.05) is 23.4 Å². The van der Waals surface area contributed by atoms with Crippen molar-refractivity contribution >= 4 is 18.1 Å². The number of nitrogens with zero attached hydrogens (tertiary/aromatic N) is 3. The minimum Gasteiger partial charge on any atom is -0.493 e. The van der Waals surface area contributed by atoms with Gasteiger partial charge in [0.15, 0.2) is 11.5 Å². The van der Waals surface area contributed by atoms with E-state index in [0.717, 1.165) is 5.56 Å². The summed E-state index contributed by atoms with van der Waals surface area (Å²) >= 11 is 0. The van der Waals surface area contributed by atoms with E-state index in [1.54, 1.807) is 13.2 Å². The highest BCUT2D eigenvalue weighted by atomic mass is 16.6. The number of allylic oxidation sites excluding steroid dienone is 1. The van der Waals surface area contributed by atoms with Gasteiger partial charge >= 0.3 is 0 Å². The van der Waals surface area contributed by atoms with Gasteiger partial charge in [-0.05, 0) is 24.6 Å². The molecule has 0 unspecified atom stereocenters. The first-order valence-corrected chi connectivity index (χ1v) is 6.85. The molecule has 2 N–H and O–H groups in total. The summed E-state index contributed by atoms with van der Waals surface area (Å²) in [5.74, 6) is 1.58. The van der Waals surface area contributed by atoms with Gasteiger partial charge in [-0.2, -0.15) is 0 Å². The number of hydrogen-bond donors (Lipinski definition) is 1. The molecule has 120 valence electrons. The van der Waals surface area contributed by atoms with Gasteiger partial charge < -0.3 is 20.0 Å². The smallest absolute Gasteiger partial charge is 0.233 e. The molecule has 23 heavy (non-hydrogen) atoms. The van der Waals surface area contributed by atoms with Gasteiger partial charge in [0.05, 0.1) is 13.3 Å². The second-order valence-corrected chi connectivity index (χ2v) is 4.41. The Bertz CT molecular complexity index is 729. The Morgan fingerprint density at radius 1 is 1.17 bits per heavy atom. The molecule has 2 aromatic rings. The number of oxime groups is 1. The Hall–Kier alpha value is -3.09. The summed E-state index contributed by atoms with van der Waals surface area (Å²) in [5.41, 5.74) is 7.26. The number of methoxy groups -OCH3 is 1. The van der Waals surface area contributed by atoms with Gasteiger partial charge in [-0.3, -0.25) is 0 Å². The van der Waals surface area contributed by atoms with Gasteiger partial charge in [0, 0.05) is 0 Å². The minimum absolute atomic E-state index is 0.236. The normalized spacial score (nSPS) is 11.1. The predicted octanol–water partition coefficient (Wildman–Crippen LogP) is 2.87. The number of nitrogen functional groups attached to an aromatic ring is 1. The molecule has 0 amide bonds. The van der Waals surface area contributed by atoms with Crippen LogP contribution in [0.1, 0.15) is 18.1 Å². The second-order valence-electron chi connectivity index (χ2n) is 4.41. The maximum Gasteiger partial charge on any atom is 0.233 e. The van der Waals surface area contributed by atoms with E-state index in [2.05, 4.69) is 20.0 Å². The maximum atomic E-state index is 5.83. The van der Waals surface area contributed by atoms with Gasteiger partial charge in [0.1, 0.15) is 24.8 Å². The molecule has 0 atom stereocenters. The van der Waals surface area contributed by atoms with Crippen molar-refractivity contribution in [1.82, 2.24) is 9.97 Å². The van der Waals surface area contributed by atoms with Crippen LogP contribution in [0.3, 0.4) is 0 Å². The summed E-state index contributed by atoms with van der Waals surface area (Å²) in [7, 11) is 3.00. The quantitative estimate of drug-likeness (QED) is 0.651. The largest absolute Gasteiger partial charge is 0.493 e. The van der Waals surface area contributed by atoms with Crippen molar-refractivity contribution in [3.05, 3.63) is 41.7 Å². The molecule has 0 saturated heterocycles. The zero-order valence-corrected chi connectivity index (χ0v) is 13.2. The fourth-order valence-electron chi connectivity index (χ4n) is 1.87. The van der Waals surface area contributed by atoms with Crippen LogP contribution in [0.15, 0.2) is 35.8 Å². The Labute approximate surface area is 134 Å². The lowest BCUT2D eigenvalue weighted by Crippen LogP contribution is -2.03. The fraction of sp³-hybridized carbons (Fsp3) is 0.188. The number of ether oxygens (including phenoxy) is 2. The van der Waals surface area contributed by atoms with Crippen LogP contribution in [0.2, 0.25) is 0 Å². The molecule has 0 fully saturated rings. The van der Waals surface area contributed by atoms with Crippen LogP contribution < -0.4 is 15.2 Å². The third-order valence-corrected chi connectivity index (χ3v) is 2.92. The van der Waals surface area contributed by atoms with E-state index >= 15 is 0 Å². The summed E-state index contributed by atoms with van der Waals surface area (Å²) in [6.07, 6.45) is 6.62. The SMILES string of the molecule is C/C=C/c1ccc(Oc2ncnc(N)c2/C=N/OC)c(OC)c1. The first kappa shape index (κ1) is 16.3. The molecular weight excluding hydrogens is 296 g/mol. The third kappa shape index (κ3) is 3.97. The number of benzene rings is 1. The predicted molar refractivity (Wildman–Crippen MR) is 88.8 cm³/mol. The molecule has 1 aromatic heterocycles. The van der Waals surface area contributed by atoms with Crippen molar-refractivity contribution in [2.24, 2.45) is 5.16 Å². The van der Waals surface area contributed by atoms with E-state index in [4.69, 9.17) is 15.2 Å². The molecule has 7 nitrogen and oxygen atoms in total. The van der Waals surface area contributed by atoms with Gasteiger partial charge in [0.2, 0.25) is 5.88 Å². The number of anilines is 1. The molecule has 0 aliphatic heterocycles. The monoisotopic (exact) mass is 314 g/mol. The van der Waals surface area contributed by atoms with E-state index in [0.29, 0.717) is 17.1 Å². The second kappa shape index (κ2) is 7.79. The standard InChI is InChI=1S/C16H18N4O3/c1-4-5-11-6-7-13(14(8-11)21-2)23-16-12(9-20-22-3)15(17)18-10-19-16/h4-10H,1-3H3,(H2,17,18,19)/b5-4+,20-9+. The highest BCUT2D eigenvalue weighted by Crippen LogP contribution is 2.33. The summed E-state index contributed by atoms with van der Waals surface area (Å²) in [4.78, 5) is 12.7. The lowest BCUT2D eigenvalue weighted by Gasteiger charge is -2.12. The minimum atomic E-state index is 0.236. The maximum absolute atomic E-state index is 5.83. The number of nitrogens with two attached hydrogens (primary N) is 1. The summed E-state index contributed by atoms with van der Waals surface area (Å²) < 4.78 is 11.2. The van der Waals surface area contributed by atoms with Gasteiger partial charge in [0.25, 0.3) is 0 Å². The first-order valence-electron chi connectivity index (χ1n) is 6.85. The van der Waals surface area contributed by atoms with Crippen molar-refractivity contribution in [2.75, 3.05) is 20.0 Å². The average Bonchev–Trinajstić information content (AvgIpc) is 2.56. The molecule has 0 aliphatic rings. The molecule has 7 heteroatoms. The van der Waals surface area contributed by atoms with Crippen molar-refractivity contribution in [3.8, 4) is 17.4 Å². The van der Waals surface area contributed by atoms with E-state index in [1.165, 1.54) is 19.7 Å². The molecule has 2 rings (SSSR count). The van der Waals surface area contributed by atoms with E-state index in [-0.39, 0.29) is 11.7 Å². The van der Waals surface area contributed by atoms with Crippen LogP contribution in [0.4, 0.5) is 5.82 Å². The third-order valence-electron chi connectivity index (χ3n) is 2.92. The molecule has 0 saturated carbocycles. The molecule has 1 heterocycles. The van der Waals surface area contributed by atoms with E-state index in [9.17, 15) is 0 Å². The van der Waals surface area contributed by atoms with Crippen LogP contribution in [0, 0.1) is 0 Å². The van der Waals surface area contributed by atoms with E-state index in [1.807, 2.05) is 31.2 Å². The van der Waals surface area contributed by atoms with E-state index < -0.39 is 0 Å². The van der Waals surface area contributed by atoms with Gasteiger partial charge in [-0.15, -0.1) is 0 Å². The zero-order valence-electron chi connectivity index (χ0n) is 13.2. The van der Waals surface area contributed by atoms with Crippen LogP contribution in [0.5, 0.6) is 17.4 Å². The molecular formula is C16H18N4O3. The Balaban J connectivity index is 2.39. The highest BCUT2D eigenvalue weighted by Gasteiger charge is 2.13. The Morgan fingerprint density at radius 2 is 2.00 bits per heavy atom. The highest BCUT2D eigenvalue weighted by molar-refractivity contribution is 5.88. The summed E-state index contributed by atoms with van der Waals surface area (Å²) in [6, 6.07) is 5.57. The summed E-state index contributed by atoms with van der Waals surface area (Å²) in [6.45, 7) is 1.95. The van der Waals surface area contributed by atoms with Crippen molar-refractivity contribution in [1.29, 1.82) is 0 Å². The van der Waals surface area contributed by atoms with Crippen molar-refractivity contribution in [3.63, 3.8) is 0 Å². The van der Waals surface area contributed by atoms with Crippen LogP contribution in [0.25, 0.3) is 6.08 Å². The lowest BCUT2D eigenvalue weighted by atomic mass is 10.2.